The third kappa shape index (κ3) is 4.10. The van der Waals surface area contributed by atoms with Crippen LogP contribution in [0.1, 0.15) is 51.9 Å². The molecule has 1 fully saturated rings. The molecule has 0 aromatic rings. The molecule has 78 valence electrons. The first kappa shape index (κ1) is 11.0. The smallest absolute Gasteiger partial charge is 0.0219 e. The topological polar surface area (TPSA) is 38.0 Å². The van der Waals surface area contributed by atoms with Gasteiger partial charge in [-0.3, -0.25) is 0 Å². The summed E-state index contributed by atoms with van der Waals surface area (Å²) in [5.41, 5.74) is 6.03. The minimum atomic E-state index is 0.412. The van der Waals surface area contributed by atoms with Gasteiger partial charge in [0.05, 0.1) is 0 Å². The second-order valence-electron chi connectivity index (χ2n) is 4.22. The SMILES string of the molecule is CCCCCN[C@H]1CCCC[C@@H]1N. The van der Waals surface area contributed by atoms with Gasteiger partial charge in [0, 0.05) is 12.1 Å². The Morgan fingerprint density at radius 1 is 1.23 bits per heavy atom. The molecule has 0 aromatic heterocycles. The standard InChI is InChI=1S/C11H24N2/c1-2-3-6-9-13-11-8-5-4-7-10(11)12/h10-11,13H,2-9,12H2,1H3/t10-,11-/m0/s1. The van der Waals surface area contributed by atoms with Crippen LogP contribution in [0, 0.1) is 0 Å². The normalized spacial score (nSPS) is 29.1. The van der Waals surface area contributed by atoms with Gasteiger partial charge in [0.1, 0.15) is 0 Å². The highest BCUT2D eigenvalue weighted by atomic mass is 14.9. The van der Waals surface area contributed by atoms with E-state index in [1.165, 1.54) is 44.9 Å². The van der Waals surface area contributed by atoms with Gasteiger partial charge < -0.3 is 11.1 Å². The molecule has 0 heterocycles. The average molecular weight is 184 g/mol. The van der Waals surface area contributed by atoms with E-state index in [0.29, 0.717) is 12.1 Å². The lowest BCUT2D eigenvalue weighted by molar-refractivity contribution is 0.326. The Kier molecular flexibility index (Phi) is 5.40. The molecule has 13 heavy (non-hydrogen) atoms. The van der Waals surface area contributed by atoms with Crippen molar-refractivity contribution in [3.8, 4) is 0 Å². The highest BCUT2D eigenvalue weighted by Crippen LogP contribution is 2.16. The molecule has 0 aromatic carbocycles. The van der Waals surface area contributed by atoms with Crippen LogP contribution in [0.4, 0.5) is 0 Å². The largest absolute Gasteiger partial charge is 0.326 e. The summed E-state index contributed by atoms with van der Waals surface area (Å²) in [5, 5.41) is 3.58. The van der Waals surface area contributed by atoms with Gasteiger partial charge in [0.2, 0.25) is 0 Å². The monoisotopic (exact) mass is 184 g/mol. The van der Waals surface area contributed by atoms with Gasteiger partial charge >= 0.3 is 0 Å². The molecule has 0 amide bonds. The van der Waals surface area contributed by atoms with Gasteiger partial charge in [-0.25, -0.2) is 0 Å². The molecule has 1 aliphatic carbocycles. The van der Waals surface area contributed by atoms with Crippen LogP contribution in [0.3, 0.4) is 0 Å². The van der Waals surface area contributed by atoms with Crippen molar-refractivity contribution in [2.75, 3.05) is 6.54 Å². The Bertz CT molecular complexity index is 125. The Labute approximate surface area is 82.3 Å². The lowest BCUT2D eigenvalue weighted by Crippen LogP contribution is -2.47. The van der Waals surface area contributed by atoms with E-state index in [0.717, 1.165) is 6.54 Å². The third-order valence-corrected chi connectivity index (χ3v) is 3.01. The van der Waals surface area contributed by atoms with E-state index >= 15 is 0 Å². The number of unbranched alkanes of at least 4 members (excludes halogenated alkanes) is 2. The molecule has 0 saturated heterocycles. The summed E-state index contributed by atoms with van der Waals surface area (Å²) < 4.78 is 0. The van der Waals surface area contributed by atoms with Gasteiger partial charge in [-0.15, -0.1) is 0 Å². The molecule has 2 nitrogen and oxygen atoms in total. The molecule has 2 atom stereocenters. The minimum Gasteiger partial charge on any atom is -0.326 e. The summed E-state index contributed by atoms with van der Waals surface area (Å²) in [4.78, 5) is 0. The molecule has 0 unspecified atom stereocenters. The van der Waals surface area contributed by atoms with Gasteiger partial charge in [-0.2, -0.15) is 0 Å². The van der Waals surface area contributed by atoms with Crippen LogP contribution in [0.25, 0.3) is 0 Å². The van der Waals surface area contributed by atoms with Crippen molar-refractivity contribution in [3.63, 3.8) is 0 Å². The number of nitrogens with one attached hydrogen (secondary N) is 1. The van der Waals surface area contributed by atoms with E-state index in [4.69, 9.17) is 5.73 Å². The predicted octanol–water partition coefficient (Wildman–Crippen LogP) is 2.04. The molecule has 0 radical (unpaired) electrons. The summed E-state index contributed by atoms with van der Waals surface area (Å²) in [7, 11) is 0. The quantitative estimate of drug-likeness (QED) is 0.642. The van der Waals surface area contributed by atoms with E-state index in [-0.39, 0.29) is 0 Å². The fourth-order valence-electron chi connectivity index (χ4n) is 2.08. The minimum absolute atomic E-state index is 0.412. The Balaban J connectivity index is 2.05. The molecule has 3 N–H and O–H groups in total. The van der Waals surface area contributed by atoms with Crippen molar-refractivity contribution in [3.05, 3.63) is 0 Å². The van der Waals surface area contributed by atoms with Crippen molar-refractivity contribution >= 4 is 0 Å². The van der Waals surface area contributed by atoms with Crippen LogP contribution >= 0.6 is 0 Å². The van der Waals surface area contributed by atoms with Gasteiger partial charge in [0.15, 0.2) is 0 Å². The molecule has 1 saturated carbocycles. The molecule has 0 aliphatic heterocycles. The molecule has 1 aliphatic rings. The van der Waals surface area contributed by atoms with Crippen LogP contribution in [-0.2, 0) is 0 Å². The maximum Gasteiger partial charge on any atom is 0.0219 e. The summed E-state index contributed by atoms with van der Waals surface area (Å²) >= 11 is 0. The first-order chi connectivity index (χ1) is 6.34. The Morgan fingerprint density at radius 3 is 2.69 bits per heavy atom. The maximum atomic E-state index is 6.03. The van der Waals surface area contributed by atoms with Gasteiger partial charge in [-0.1, -0.05) is 32.6 Å². The van der Waals surface area contributed by atoms with E-state index in [1.54, 1.807) is 0 Å². The van der Waals surface area contributed by atoms with Crippen molar-refractivity contribution in [1.82, 2.24) is 5.32 Å². The van der Waals surface area contributed by atoms with E-state index in [2.05, 4.69) is 12.2 Å². The molecular formula is C11H24N2. The van der Waals surface area contributed by atoms with Gasteiger partial charge in [-0.05, 0) is 25.8 Å². The first-order valence-electron chi connectivity index (χ1n) is 5.83. The second kappa shape index (κ2) is 6.39. The fourth-order valence-corrected chi connectivity index (χ4v) is 2.08. The highest BCUT2D eigenvalue weighted by molar-refractivity contribution is 4.83. The van der Waals surface area contributed by atoms with Crippen molar-refractivity contribution < 1.29 is 0 Å². The lowest BCUT2D eigenvalue weighted by atomic mass is 9.91. The first-order valence-corrected chi connectivity index (χ1v) is 5.83. The summed E-state index contributed by atoms with van der Waals surface area (Å²) in [6.07, 6.45) is 9.14. The molecule has 2 heteroatoms. The van der Waals surface area contributed by atoms with Crippen molar-refractivity contribution in [2.45, 2.75) is 64.0 Å². The maximum absolute atomic E-state index is 6.03. The molecule has 0 spiro atoms. The van der Waals surface area contributed by atoms with Crippen LogP contribution in [-0.4, -0.2) is 18.6 Å². The number of hydrogen-bond donors (Lipinski definition) is 2. The summed E-state index contributed by atoms with van der Waals surface area (Å²) in [5.74, 6) is 0. The molecule has 1 rings (SSSR count). The van der Waals surface area contributed by atoms with Crippen molar-refractivity contribution in [2.24, 2.45) is 5.73 Å². The summed E-state index contributed by atoms with van der Waals surface area (Å²) in [6.45, 7) is 3.40. The number of hydrogen-bond acceptors (Lipinski definition) is 2. The van der Waals surface area contributed by atoms with E-state index < -0.39 is 0 Å². The van der Waals surface area contributed by atoms with Crippen LogP contribution in [0.5, 0.6) is 0 Å². The van der Waals surface area contributed by atoms with E-state index in [1.807, 2.05) is 0 Å². The fraction of sp³-hybridized carbons (Fsp3) is 1.00. The second-order valence-corrected chi connectivity index (χ2v) is 4.22. The van der Waals surface area contributed by atoms with E-state index in [9.17, 15) is 0 Å². The predicted molar refractivity (Wildman–Crippen MR) is 57.8 cm³/mol. The van der Waals surface area contributed by atoms with Crippen molar-refractivity contribution in [1.29, 1.82) is 0 Å². The van der Waals surface area contributed by atoms with Crippen LogP contribution in [0.15, 0.2) is 0 Å². The number of nitrogens with two attached hydrogens (primary N) is 1. The zero-order valence-electron chi connectivity index (χ0n) is 8.89. The highest BCUT2D eigenvalue weighted by Gasteiger charge is 2.20. The average Bonchev–Trinajstić information content (AvgIpc) is 2.15. The Morgan fingerprint density at radius 2 is 2.00 bits per heavy atom. The molecular weight excluding hydrogens is 160 g/mol. The number of rotatable bonds is 5. The van der Waals surface area contributed by atoms with Crippen LogP contribution in [0.2, 0.25) is 0 Å². The van der Waals surface area contributed by atoms with Crippen LogP contribution < -0.4 is 11.1 Å². The Hall–Kier alpha value is -0.0800. The zero-order valence-corrected chi connectivity index (χ0v) is 8.89. The summed E-state index contributed by atoms with van der Waals surface area (Å²) in [6, 6.07) is 1.01. The van der Waals surface area contributed by atoms with Gasteiger partial charge in [0.25, 0.3) is 0 Å². The zero-order chi connectivity index (χ0) is 9.52. The third-order valence-electron chi connectivity index (χ3n) is 3.01. The molecule has 0 bridgehead atoms. The lowest BCUT2D eigenvalue weighted by Gasteiger charge is -2.29.